The van der Waals surface area contributed by atoms with Crippen LogP contribution in [0.1, 0.15) is 5.56 Å². The Balaban J connectivity index is 1.37. The van der Waals surface area contributed by atoms with Crippen LogP contribution in [-0.2, 0) is 11.2 Å². The van der Waals surface area contributed by atoms with Crippen LogP contribution in [0.15, 0.2) is 48.5 Å². The van der Waals surface area contributed by atoms with Crippen molar-refractivity contribution in [3.63, 3.8) is 0 Å². The number of amides is 1. The predicted molar refractivity (Wildman–Crippen MR) is 105 cm³/mol. The van der Waals surface area contributed by atoms with Crippen LogP contribution in [0.25, 0.3) is 0 Å². The number of benzene rings is 2. The lowest BCUT2D eigenvalue weighted by atomic mass is 10.1. The SMILES string of the molecule is COc1cccc(CC(=O)NCCN2CCN(c3ccccc3F)CC2)c1. The van der Waals surface area contributed by atoms with E-state index in [2.05, 4.69) is 15.1 Å². The maximum absolute atomic E-state index is 13.9. The Hall–Kier alpha value is -2.60. The summed E-state index contributed by atoms with van der Waals surface area (Å²) in [5.41, 5.74) is 1.61. The normalized spacial score (nSPS) is 14.8. The number of hydrogen-bond donors (Lipinski definition) is 1. The summed E-state index contributed by atoms with van der Waals surface area (Å²) in [5.74, 6) is 0.594. The lowest BCUT2D eigenvalue weighted by Crippen LogP contribution is -2.48. The first-order valence-electron chi connectivity index (χ1n) is 9.27. The minimum Gasteiger partial charge on any atom is -0.497 e. The molecule has 0 aliphatic carbocycles. The largest absolute Gasteiger partial charge is 0.497 e. The Labute approximate surface area is 159 Å². The molecule has 1 amide bonds. The molecule has 0 atom stereocenters. The van der Waals surface area contributed by atoms with Gasteiger partial charge in [-0.25, -0.2) is 4.39 Å². The highest BCUT2D eigenvalue weighted by Gasteiger charge is 2.19. The number of ether oxygens (including phenoxy) is 1. The highest BCUT2D eigenvalue weighted by molar-refractivity contribution is 5.78. The van der Waals surface area contributed by atoms with E-state index in [0.29, 0.717) is 18.7 Å². The van der Waals surface area contributed by atoms with Gasteiger partial charge in [0.05, 0.1) is 19.2 Å². The van der Waals surface area contributed by atoms with Gasteiger partial charge in [-0.05, 0) is 29.8 Å². The molecule has 6 heteroatoms. The van der Waals surface area contributed by atoms with Crippen LogP contribution in [0.4, 0.5) is 10.1 Å². The molecule has 0 bridgehead atoms. The third-order valence-corrected chi connectivity index (χ3v) is 4.81. The maximum atomic E-state index is 13.9. The number of rotatable bonds is 7. The molecule has 2 aromatic rings. The topological polar surface area (TPSA) is 44.8 Å². The standard InChI is InChI=1S/C21H26FN3O2/c1-27-18-6-4-5-17(15-18)16-21(26)23-9-10-24-11-13-25(14-12-24)20-8-3-2-7-19(20)22/h2-8,15H,9-14,16H2,1H3,(H,23,26). The van der Waals surface area contributed by atoms with Gasteiger partial charge in [-0.3, -0.25) is 9.69 Å². The van der Waals surface area contributed by atoms with Gasteiger partial charge >= 0.3 is 0 Å². The number of anilines is 1. The molecule has 1 fully saturated rings. The molecule has 0 spiro atoms. The minimum atomic E-state index is -0.171. The van der Waals surface area contributed by atoms with Crippen molar-refractivity contribution in [1.29, 1.82) is 0 Å². The maximum Gasteiger partial charge on any atom is 0.224 e. The van der Waals surface area contributed by atoms with E-state index < -0.39 is 0 Å². The Morgan fingerprint density at radius 3 is 2.63 bits per heavy atom. The van der Waals surface area contributed by atoms with Crippen LogP contribution >= 0.6 is 0 Å². The van der Waals surface area contributed by atoms with Gasteiger partial charge in [-0.1, -0.05) is 24.3 Å². The van der Waals surface area contributed by atoms with Crippen molar-refractivity contribution in [2.24, 2.45) is 0 Å². The number of piperazine rings is 1. The zero-order chi connectivity index (χ0) is 19.1. The number of nitrogens with one attached hydrogen (secondary N) is 1. The number of methoxy groups -OCH3 is 1. The van der Waals surface area contributed by atoms with Crippen LogP contribution in [-0.4, -0.2) is 57.2 Å². The van der Waals surface area contributed by atoms with Crippen LogP contribution in [0.2, 0.25) is 0 Å². The summed E-state index contributed by atoms with van der Waals surface area (Å²) < 4.78 is 19.1. The molecular formula is C21H26FN3O2. The molecule has 1 heterocycles. The van der Waals surface area contributed by atoms with Gasteiger partial charge in [0.1, 0.15) is 11.6 Å². The second-order valence-corrected chi connectivity index (χ2v) is 6.66. The fourth-order valence-corrected chi connectivity index (χ4v) is 3.30. The Bertz CT molecular complexity index is 761. The molecule has 0 aromatic heterocycles. The molecule has 0 radical (unpaired) electrons. The molecule has 2 aromatic carbocycles. The smallest absolute Gasteiger partial charge is 0.224 e. The summed E-state index contributed by atoms with van der Waals surface area (Å²) in [4.78, 5) is 16.5. The van der Waals surface area contributed by atoms with E-state index in [0.717, 1.165) is 44.0 Å². The minimum absolute atomic E-state index is 0.00763. The molecular weight excluding hydrogens is 345 g/mol. The zero-order valence-corrected chi connectivity index (χ0v) is 15.7. The van der Waals surface area contributed by atoms with E-state index in [9.17, 15) is 9.18 Å². The molecule has 1 N–H and O–H groups in total. The summed E-state index contributed by atoms with van der Waals surface area (Å²) in [6.45, 7) is 4.72. The molecule has 144 valence electrons. The third kappa shape index (κ3) is 5.44. The Morgan fingerprint density at radius 2 is 1.89 bits per heavy atom. The van der Waals surface area contributed by atoms with Gasteiger partial charge in [-0.2, -0.15) is 0 Å². The Kier molecular flexibility index (Phi) is 6.65. The van der Waals surface area contributed by atoms with Crippen LogP contribution in [0, 0.1) is 5.82 Å². The van der Waals surface area contributed by atoms with Crippen LogP contribution < -0.4 is 15.0 Å². The fraction of sp³-hybridized carbons (Fsp3) is 0.381. The monoisotopic (exact) mass is 371 g/mol. The highest BCUT2D eigenvalue weighted by atomic mass is 19.1. The first-order chi connectivity index (χ1) is 13.2. The lowest BCUT2D eigenvalue weighted by molar-refractivity contribution is -0.120. The van der Waals surface area contributed by atoms with E-state index in [1.165, 1.54) is 6.07 Å². The highest BCUT2D eigenvalue weighted by Crippen LogP contribution is 2.20. The van der Waals surface area contributed by atoms with Crippen LogP contribution in [0.3, 0.4) is 0 Å². The molecule has 1 aliphatic rings. The van der Waals surface area contributed by atoms with E-state index in [-0.39, 0.29) is 11.7 Å². The number of halogens is 1. The van der Waals surface area contributed by atoms with Crippen molar-refractivity contribution in [3.8, 4) is 5.75 Å². The number of carbonyl (C=O) groups is 1. The molecule has 3 rings (SSSR count). The van der Waals surface area contributed by atoms with E-state index >= 15 is 0 Å². The molecule has 1 saturated heterocycles. The first kappa shape index (κ1) is 19.2. The second kappa shape index (κ2) is 9.37. The first-order valence-corrected chi connectivity index (χ1v) is 9.27. The molecule has 5 nitrogen and oxygen atoms in total. The van der Waals surface area contributed by atoms with Gasteiger partial charge in [0.2, 0.25) is 5.91 Å². The fourth-order valence-electron chi connectivity index (χ4n) is 3.30. The lowest BCUT2D eigenvalue weighted by Gasteiger charge is -2.36. The second-order valence-electron chi connectivity index (χ2n) is 6.66. The average Bonchev–Trinajstić information content (AvgIpc) is 2.69. The summed E-state index contributed by atoms with van der Waals surface area (Å²) in [6, 6.07) is 14.4. The van der Waals surface area contributed by atoms with Gasteiger partial charge in [0.25, 0.3) is 0 Å². The van der Waals surface area contributed by atoms with Gasteiger partial charge < -0.3 is 15.0 Å². The van der Waals surface area contributed by atoms with Crippen molar-refractivity contribution in [2.75, 3.05) is 51.3 Å². The van der Waals surface area contributed by atoms with Gasteiger partial charge in [-0.15, -0.1) is 0 Å². The quantitative estimate of drug-likeness (QED) is 0.811. The summed E-state index contributed by atoms with van der Waals surface area (Å²) >= 11 is 0. The van der Waals surface area contributed by atoms with Crippen molar-refractivity contribution >= 4 is 11.6 Å². The van der Waals surface area contributed by atoms with Gasteiger partial charge in [0, 0.05) is 39.3 Å². The molecule has 27 heavy (non-hydrogen) atoms. The van der Waals surface area contributed by atoms with E-state index in [1.54, 1.807) is 13.2 Å². The molecule has 0 unspecified atom stereocenters. The number of para-hydroxylation sites is 1. The van der Waals surface area contributed by atoms with E-state index in [1.807, 2.05) is 36.4 Å². The van der Waals surface area contributed by atoms with Crippen molar-refractivity contribution in [1.82, 2.24) is 10.2 Å². The summed E-state index contributed by atoms with van der Waals surface area (Å²) in [6.07, 6.45) is 0.345. The van der Waals surface area contributed by atoms with Crippen molar-refractivity contribution < 1.29 is 13.9 Å². The number of hydrogen-bond acceptors (Lipinski definition) is 4. The average molecular weight is 371 g/mol. The van der Waals surface area contributed by atoms with Crippen LogP contribution in [0.5, 0.6) is 5.75 Å². The third-order valence-electron chi connectivity index (χ3n) is 4.81. The molecule has 0 saturated carbocycles. The van der Waals surface area contributed by atoms with Gasteiger partial charge in [0.15, 0.2) is 0 Å². The zero-order valence-electron chi connectivity index (χ0n) is 15.7. The predicted octanol–water partition coefficient (Wildman–Crippen LogP) is 2.32. The number of nitrogens with zero attached hydrogens (tertiary/aromatic N) is 2. The summed E-state index contributed by atoms with van der Waals surface area (Å²) in [5, 5.41) is 2.97. The van der Waals surface area contributed by atoms with Crippen molar-refractivity contribution in [2.45, 2.75) is 6.42 Å². The van der Waals surface area contributed by atoms with Crippen molar-refractivity contribution in [3.05, 3.63) is 59.9 Å². The van der Waals surface area contributed by atoms with E-state index in [4.69, 9.17) is 4.74 Å². The molecule has 1 aliphatic heterocycles. The number of carbonyl (C=O) groups excluding carboxylic acids is 1. The Morgan fingerprint density at radius 1 is 1.11 bits per heavy atom. The summed E-state index contributed by atoms with van der Waals surface area (Å²) in [7, 11) is 1.62.